The van der Waals surface area contributed by atoms with E-state index in [0.29, 0.717) is 11.3 Å². The highest BCUT2D eigenvalue weighted by Gasteiger charge is 2.07. The number of benzene rings is 1. The molecule has 0 fully saturated rings. The highest BCUT2D eigenvalue weighted by Crippen LogP contribution is 2.14. The molecular weight excluding hydrogens is 240 g/mol. The van der Waals surface area contributed by atoms with Crippen molar-refractivity contribution in [2.45, 2.75) is 20.3 Å². The van der Waals surface area contributed by atoms with Gasteiger partial charge in [0.05, 0.1) is 11.6 Å². The van der Waals surface area contributed by atoms with Crippen LogP contribution in [0.2, 0.25) is 0 Å². The van der Waals surface area contributed by atoms with Crippen molar-refractivity contribution in [2.75, 3.05) is 5.32 Å². The van der Waals surface area contributed by atoms with Gasteiger partial charge in [-0.2, -0.15) is 5.26 Å². The Balaban J connectivity index is 3.00. The van der Waals surface area contributed by atoms with E-state index in [2.05, 4.69) is 5.32 Å². The first-order valence-electron chi connectivity index (χ1n) is 5.95. The number of nitrogens with zero attached hydrogens (tertiary/aromatic N) is 1. The number of hydrogen-bond donors (Lipinski definition) is 2. The van der Waals surface area contributed by atoms with Gasteiger partial charge in [-0.05, 0) is 37.6 Å². The van der Waals surface area contributed by atoms with Crippen molar-refractivity contribution in [1.29, 1.82) is 5.26 Å². The first kappa shape index (κ1) is 14.5. The van der Waals surface area contributed by atoms with Gasteiger partial charge < -0.3 is 10.4 Å². The zero-order chi connectivity index (χ0) is 14.3. The quantitative estimate of drug-likeness (QED) is 0.626. The molecule has 0 spiro atoms. The Bertz CT molecular complexity index is 566. The summed E-state index contributed by atoms with van der Waals surface area (Å²) in [4.78, 5) is 11.2. The predicted octanol–water partition coefficient (Wildman–Crippen LogP) is 3.29. The van der Waals surface area contributed by atoms with Gasteiger partial charge in [-0.15, -0.1) is 0 Å². The largest absolute Gasteiger partial charge is 0.477 e. The van der Waals surface area contributed by atoms with Crippen molar-refractivity contribution in [2.24, 2.45) is 0 Å². The zero-order valence-electron chi connectivity index (χ0n) is 11.0. The van der Waals surface area contributed by atoms with Crippen LogP contribution in [0.1, 0.15) is 25.8 Å². The fourth-order valence-electron chi connectivity index (χ4n) is 1.58. The second-order valence-corrected chi connectivity index (χ2v) is 4.04. The maximum Gasteiger partial charge on any atom is 0.352 e. The lowest BCUT2D eigenvalue weighted by atomic mass is 10.2. The molecule has 1 aromatic rings. The smallest absolute Gasteiger partial charge is 0.352 e. The van der Waals surface area contributed by atoms with Crippen molar-refractivity contribution in [3.05, 3.63) is 53.3 Å². The summed E-state index contributed by atoms with van der Waals surface area (Å²) in [6, 6.07) is 8.71. The van der Waals surface area contributed by atoms with Gasteiger partial charge in [0.1, 0.15) is 5.70 Å². The average molecular weight is 256 g/mol. The monoisotopic (exact) mass is 256 g/mol. The number of nitriles is 1. The predicted molar refractivity (Wildman–Crippen MR) is 74.5 cm³/mol. The first-order chi connectivity index (χ1) is 9.06. The normalized spacial score (nSPS) is 11.8. The molecule has 0 heterocycles. The van der Waals surface area contributed by atoms with Gasteiger partial charge in [0.25, 0.3) is 0 Å². The molecule has 0 aliphatic rings. The lowest BCUT2D eigenvalue weighted by Crippen LogP contribution is -2.10. The number of hydrogen-bond acceptors (Lipinski definition) is 3. The first-order valence-corrected chi connectivity index (χ1v) is 5.95. The summed E-state index contributed by atoms with van der Waals surface area (Å²) < 4.78 is 0. The molecule has 4 nitrogen and oxygen atoms in total. The lowest BCUT2D eigenvalue weighted by molar-refractivity contribution is -0.132. The molecule has 2 N–H and O–H groups in total. The van der Waals surface area contributed by atoms with Gasteiger partial charge in [-0.3, -0.25) is 0 Å². The summed E-state index contributed by atoms with van der Waals surface area (Å²) in [7, 11) is 0. The lowest BCUT2D eigenvalue weighted by Gasteiger charge is -2.07. The minimum absolute atomic E-state index is 0.0808. The van der Waals surface area contributed by atoms with Gasteiger partial charge >= 0.3 is 5.97 Å². The van der Waals surface area contributed by atoms with Crippen molar-refractivity contribution >= 4 is 11.7 Å². The average Bonchev–Trinajstić information content (AvgIpc) is 2.38. The number of carbonyl (C=O) groups is 1. The van der Waals surface area contributed by atoms with Crippen molar-refractivity contribution in [1.82, 2.24) is 0 Å². The van der Waals surface area contributed by atoms with Crippen molar-refractivity contribution < 1.29 is 9.90 Å². The summed E-state index contributed by atoms with van der Waals surface area (Å²) in [6.45, 7) is 3.83. The Hall–Kier alpha value is -2.54. The Morgan fingerprint density at radius 3 is 2.84 bits per heavy atom. The number of aliphatic carboxylic acids is 1. The molecule has 19 heavy (non-hydrogen) atoms. The molecule has 0 saturated heterocycles. The van der Waals surface area contributed by atoms with Crippen LogP contribution >= 0.6 is 0 Å². The van der Waals surface area contributed by atoms with Crippen LogP contribution < -0.4 is 5.32 Å². The van der Waals surface area contributed by atoms with Crippen LogP contribution in [-0.2, 0) is 4.79 Å². The van der Waals surface area contributed by atoms with Gasteiger partial charge in [0, 0.05) is 5.69 Å². The molecule has 0 radical (unpaired) electrons. The molecule has 0 aliphatic carbocycles. The second-order valence-electron chi connectivity index (χ2n) is 4.04. The number of nitrogens with one attached hydrogen (secondary N) is 1. The van der Waals surface area contributed by atoms with Crippen LogP contribution in [-0.4, -0.2) is 11.1 Å². The highest BCUT2D eigenvalue weighted by molar-refractivity contribution is 5.90. The maximum atomic E-state index is 11.2. The third-order valence-corrected chi connectivity index (χ3v) is 2.40. The van der Waals surface area contributed by atoms with E-state index >= 15 is 0 Å². The maximum absolute atomic E-state index is 11.2. The third-order valence-electron chi connectivity index (χ3n) is 2.40. The molecular formula is C15H16N2O2. The molecule has 0 amide bonds. The molecule has 0 atom stereocenters. The SMILES string of the molecule is CC/C=C(C)/C=C(\Nc1cccc(C#N)c1)C(=O)O. The van der Waals surface area contributed by atoms with Gasteiger partial charge in [-0.1, -0.05) is 24.6 Å². The van der Waals surface area contributed by atoms with E-state index in [1.165, 1.54) is 0 Å². The minimum Gasteiger partial charge on any atom is -0.477 e. The number of carboxylic acids is 1. The van der Waals surface area contributed by atoms with E-state index in [0.717, 1.165) is 12.0 Å². The second kappa shape index (κ2) is 7.02. The molecule has 0 saturated carbocycles. The Morgan fingerprint density at radius 1 is 1.53 bits per heavy atom. The number of allylic oxidation sites excluding steroid dienone is 3. The van der Waals surface area contributed by atoms with E-state index in [1.54, 1.807) is 30.3 Å². The Morgan fingerprint density at radius 2 is 2.26 bits per heavy atom. The standard InChI is InChI=1S/C15H16N2O2/c1-3-5-11(2)8-14(15(18)19)17-13-7-4-6-12(9-13)10-16/h4-9,17H,3H2,1-2H3,(H,18,19)/b11-5+,14-8-. The van der Waals surface area contributed by atoms with Crippen LogP contribution in [0.15, 0.2) is 47.7 Å². The van der Waals surface area contributed by atoms with E-state index in [1.807, 2.05) is 26.0 Å². The molecule has 4 heteroatoms. The highest BCUT2D eigenvalue weighted by atomic mass is 16.4. The molecule has 0 bridgehead atoms. The summed E-state index contributed by atoms with van der Waals surface area (Å²) in [6.07, 6.45) is 4.36. The van der Waals surface area contributed by atoms with Crippen LogP contribution in [0, 0.1) is 11.3 Å². The van der Waals surface area contributed by atoms with E-state index in [-0.39, 0.29) is 5.70 Å². The number of carboxylic acid groups (broad SMARTS) is 1. The summed E-state index contributed by atoms with van der Waals surface area (Å²) in [5, 5.41) is 20.8. The summed E-state index contributed by atoms with van der Waals surface area (Å²) in [5.74, 6) is -1.04. The summed E-state index contributed by atoms with van der Waals surface area (Å²) >= 11 is 0. The van der Waals surface area contributed by atoms with E-state index in [4.69, 9.17) is 10.4 Å². The van der Waals surface area contributed by atoms with Crippen molar-refractivity contribution in [3.8, 4) is 6.07 Å². The van der Waals surface area contributed by atoms with Crippen LogP contribution in [0.3, 0.4) is 0 Å². The van der Waals surface area contributed by atoms with Gasteiger partial charge in [0.2, 0.25) is 0 Å². The van der Waals surface area contributed by atoms with E-state index in [9.17, 15) is 4.79 Å². The fourth-order valence-corrected chi connectivity index (χ4v) is 1.58. The molecule has 1 aromatic carbocycles. The molecule has 98 valence electrons. The summed E-state index contributed by atoms with van der Waals surface area (Å²) in [5.41, 5.74) is 2.02. The third kappa shape index (κ3) is 4.68. The van der Waals surface area contributed by atoms with Crippen LogP contribution in [0.4, 0.5) is 5.69 Å². The molecule has 0 unspecified atom stereocenters. The minimum atomic E-state index is -1.04. The zero-order valence-corrected chi connectivity index (χ0v) is 11.0. The topological polar surface area (TPSA) is 73.1 Å². The van der Waals surface area contributed by atoms with Gasteiger partial charge in [0.15, 0.2) is 0 Å². The van der Waals surface area contributed by atoms with Crippen LogP contribution in [0.25, 0.3) is 0 Å². The number of rotatable bonds is 5. The van der Waals surface area contributed by atoms with Crippen molar-refractivity contribution in [3.63, 3.8) is 0 Å². The Labute approximate surface area is 112 Å². The molecule has 0 aliphatic heterocycles. The Kier molecular flexibility index (Phi) is 5.36. The van der Waals surface area contributed by atoms with Gasteiger partial charge in [-0.25, -0.2) is 4.79 Å². The molecule has 1 rings (SSSR count). The molecule has 0 aromatic heterocycles. The van der Waals surface area contributed by atoms with Crippen LogP contribution in [0.5, 0.6) is 0 Å². The fraction of sp³-hybridized carbons (Fsp3) is 0.200. The van der Waals surface area contributed by atoms with E-state index < -0.39 is 5.97 Å². The number of anilines is 1.